The summed E-state index contributed by atoms with van der Waals surface area (Å²) < 4.78 is 6.54. The van der Waals surface area contributed by atoms with Gasteiger partial charge in [-0.05, 0) is 6.92 Å². The summed E-state index contributed by atoms with van der Waals surface area (Å²) >= 11 is 0. The molecule has 1 aromatic rings. The van der Waals surface area contributed by atoms with Crippen LogP contribution in [0.3, 0.4) is 0 Å². The number of nitrogens with zero attached hydrogens (tertiary/aromatic N) is 2. The van der Waals surface area contributed by atoms with Crippen molar-refractivity contribution in [3.05, 3.63) is 18.7 Å². The van der Waals surface area contributed by atoms with E-state index >= 15 is 0 Å². The van der Waals surface area contributed by atoms with Gasteiger partial charge < -0.3 is 14.6 Å². The lowest BCUT2D eigenvalue weighted by Crippen LogP contribution is -2.32. The number of hydrogen-bond acceptors (Lipinski definition) is 4. The average Bonchev–Trinajstić information content (AvgIpc) is 2.70. The molecule has 1 heterocycles. The van der Waals surface area contributed by atoms with Crippen LogP contribution in [0.1, 0.15) is 13.3 Å². The topological polar surface area (TPSA) is 56.1 Å². The molecule has 0 saturated carbocycles. The maximum Gasteiger partial charge on any atom is 0.306 e. The second-order valence-corrected chi connectivity index (χ2v) is 3.44. The number of nitrogens with one attached hydrogen (secondary N) is 1. The van der Waals surface area contributed by atoms with Gasteiger partial charge in [-0.15, -0.1) is 0 Å². The molecule has 0 spiro atoms. The standard InChI is InChI=1S/C10H17N3O2/c1-9(7-13-6-5-11-8-13)12-4-3-10(14)15-2/h5-6,8-9,12H,3-4,7H2,1-2H3. The van der Waals surface area contributed by atoms with Gasteiger partial charge in [-0.1, -0.05) is 0 Å². The fourth-order valence-corrected chi connectivity index (χ4v) is 1.30. The molecule has 0 radical (unpaired) electrons. The zero-order valence-corrected chi connectivity index (χ0v) is 9.14. The Labute approximate surface area is 89.4 Å². The van der Waals surface area contributed by atoms with E-state index in [1.807, 2.05) is 10.8 Å². The van der Waals surface area contributed by atoms with Crippen LogP contribution in [0.2, 0.25) is 0 Å². The van der Waals surface area contributed by atoms with Crippen LogP contribution in [0.4, 0.5) is 0 Å². The van der Waals surface area contributed by atoms with Crippen LogP contribution in [-0.4, -0.2) is 35.2 Å². The van der Waals surface area contributed by atoms with Gasteiger partial charge in [0.25, 0.3) is 0 Å². The molecule has 1 N–H and O–H groups in total. The van der Waals surface area contributed by atoms with E-state index < -0.39 is 0 Å². The number of carbonyl (C=O) groups is 1. The number of esters is 1. The van der Waals surface area contributed by atoms with E-state index in [9.17, 15) is 4.79 Å². The summed E-state index contributed by atoms with van der Waals surface area (Å²) in [6, 6.07) is 0.309. The summed E-state index contributed by atoms with van der Waals surface area (Å²) in [5.41, 5.74) is 0. The van der Waals surface area contributed by atoms with Gasteiger partial charge in [0.2, 0.25) is 0 Å². The number of hydrogen-bond donors (Lipinski definition) is 1. The van der Waals surface area contributed by atoms with Gasteiger partial charge in [-0.25, -0.2) is 4.98 Å². The minimum absolute atomic E-state index is 0.183. The molecule has 0 amide bonds. The van der Waals surface area contributed by atoms with Crippen LogP contribution in [0.25, 0.3) is 0 Å². The van der Waals surface area contributed by atoms with Crippen LogP contribution in [0.5, 0.6) is 0 Å². The Morgan fingerprint density at radius 1 is 1.67 bits per heavy atom. The number of ether oxygens (including phenoxy) is 1. The molecule has 15 heavy (non-hydrogen) atoms. The molecule has 1 aromatic heterocycles. The first kappa shape index (κ1) is 11.7. The molecule has 0 aliphatic heterocycles. The van der Waals surface area contributed by atoms with E-state index in [0.717, 1.165) is 6.54 Å². The molecule has 1 atom stereocenters. The monoisotopic (exact) mass is 211 g/mol. The van der Waals surface area contributed by atoms with E-state index in [-0.39, 0.29) is 5.97 Å². The van der Waals surface area contributed by atoms with Gasteiger partial charge in [-0.2, -0.15) is 0 Å². The highest BCUT2D eigenvalue weighted by Gasteiger charge is 2.04. The lowest BCUT2D eigenvalue weighted by molar-refractivity contribution is -0.140. The third kappa shape index (κ3) is 4.60. The van der Waals surface area contributed by atoms with Crippen molar-refractivity contribution in [2.75, 3.05) is 13.7 Å². The Morgan fingerprint density at radius 3 is 3.07 bits per heavy atom. The van der Waals surface area contributed by atoms with E-state index in [0.29, 0.717) is 19.0 Å². The summed E-state index contributed by atoms with van der Waals surface area (Å²) in [5.74, 6) is -0.183. The third-order valence-corrected chi connectivity index (χ3v) is 2.09. The quantitative estimate of drug-likeness (QED) is 0.693. The number of imidazole rings is 1. The van der Waals surface area contributed by atoms with Gasteiger partial charge in [0.1, 0.15) is 0 Å². The molecular formula is C10H17N3O2. The summed E-state index contributed by atoms with van der Waals surface area (Å²) in [5, 5.41) is 3.24. The van der Waals surface area contributed by atoms with E-state index in [1.54, 1.807) is 12.5 Å². The Bertz CT molecular complexity index is 285. The van der Waals surface area contributed by atoms with Crippen molar-refractivity contribution in [3.63, 3.8) is 0 Å². The van der Waals surface area contributed by atoms with Crippen molar-refractivity contribution in [2.45, 2.75) is 25.9 Å². The molecule has 5 heteroatoms. The van der Waals surface area contributed by atoms with Crippen LogP contribution in [0.15, 0.2) is 18.7 Å². The van der Waals surface area contributed by atoms with Crippen molar-refractivity contribution in [2.24, 2.45) is 0 Å². The Balaban J connectivity index is 2.14. The molecule has 0 aliphatic rings. The second-order valence-electron chi connectivity index (χ2n) is 3.44. The predicted molar refractivity (Wildman–Crippen MR) is 56.3 cm³/mol. The van der Waals surface area contributed by atoms with Gasteiger partial charge in [0.15, 0.2) is 0 Å². The normalized spacial score (nSPS) is 12.4. The Hall–Kier alpha value is -1.36. The average molecular weight is 211 g/mol. The number of aromatic nitrogens is 2. The largest absolute Gasteiger partial charge is 0.469 e. The van der Waals surface area contributed by atoms with Crippen molar-refractivity contribution in [3.8, 4) is 0 Å². The smallest absolute Gasteiger partial charge is 0.306 e. The maximum absolute atomic E-state index is 10.8. The summed E-state index contributed by atoms with van der Waals surface area (Å²) in [6.45, 7) is 3.56. The van der Waals surface area contributed by atoms with Gasteiger partial charge in [0, 0.05) is 31.5 Å². The molecule has 5 nitrogen and oxygen atoms in total. The summed E-state index contributed by atoms with van der Waals surface area (Å²) in [7, 11) is 1.40. The van der Waals surface area contributed by atoms with Crippen molar-refractivity contribution in [1.82, 2.24) is 14.9 Å². The van der Waals surface area contributed by atoms with Crippen LogP contribution in [0, 0.1) is 0 Å². The lowest BCUT2D eigenvalue weighted by atomic mass is 10.3. The Kier molecular flexibility index (Phi) is 4.83. The number of methoxy groups -OCH3 is 1. The molecule has 0 bridgehead atoms. The van der Waals surface area contributed by atoms with Gasteiger partial charge in [0.05, 0.1) is 19.9 Å². The fraction of sp³-hybridized carbons (Fsp3) is 0.600. The molecule has 1 unspecified atom stereocenters. The SMILES string of the molecule is COC(=O)CCNC(C)Cn1ccnc1. The number of rotatable bonds is 6. The summed E-state index contributed by atoms with van der Waals surface area (Å²) in [6.07, 6.45) is 5.85. The molecule has 0 saturated heterocycles. The second kappa shape index (κ2) is 6.19. The minimum Gasteiger partial charge on any atom is -0.469 e. The molecule has 1 rings (SSSR count). The van der Waals surface area contributed by atoms with Crippen molar-refractivity contribution in [1.29, 1.82) is 0 Å². The molecular weight excluding hydrogens is 194 g/mol. The summed E-state index contributed by atoms with van der Waals surface area (Å²) in [4.78, 5) is 14.8. The highest BCUT2D eigenvalue weighted by molar-refractivity contribution is 5.69. The molecule has 0 aromatic carbocycles. The zero-order chi connectivity index (χ0) is 11.1. The zero-order valence-electron chi connectivity index (χ0n) is 9.14. The highest BCUT2D eigenvalue weighted by Crippen LogP contribution is 1.92. The molecule has 84 valence electrons. The minimum atomic E-state index is -0.183. The van der Waals surface area contributed by atoms with E-state index in [2.05, 4.69) is 22.0 Å². The van der Waals surface area contributed by atoms with Crippen LogP contribution >= 0.6 is 0 Å². The van der Waals surface area contributed by atoms with Gasteiger partial charge in [-0.3, -0.25) is 4.79 Å². The maximum atomic E-state index is 10.8. The number of carbonyl (C=O) groups excluding carboxylic acids is 1. The van der Waals surface area contributed by atoms with Crippen LogP contribution < -0.4 is 5.32 Å². The van der Waals surface area contributed by atoms with Crippen molar-refractivity contribution < 1.29 is 9.53 Å². The van der Waals surface area contributed by atoms with E-state index in [1.165, 1.54) is 7.11 Å². The first-order valence-electron chi connectivity index (χ1n) is 4.98. The lowest BCUT2D eigenvalue weighted by Gasteiger charge is -2.13. The van der Waals surface area contributed by atoms with Crippen LogP contribution in [-0.2, 0) is 16.1 Å². The molecule has 0 aliphatic carbocycles. The molecule has 0 fully saturated rings. The van der Waals surface area contributed by atoms with Gasteiger partial charge >= 0.3 is 5.97 Å². The first-order chi connectivity index (χ1) is 7.22. The van der Waals surface area contributed by atoms with E-state index in [4.69, 9.17) is 0 Å². The third-order valence-electron chi connectivity index (χ3n) is 2.09. The first-order valence-corrected chi connectivity index (χ1v) is 4.98. The predicted octanol–water partition coefficient (Wildman–Crippen LogP) is 0.424. The highest BCUT2D eigenvalue weighted by atomic mass is 16.5. The fourth-order valence-electron chi connectivity index (χ4n) is 1.30. The van der Waals surface area contributed by atoms with Crippen molar-refractivity contribution >= 4 is 5.97 Å². The Morgan fingerprint density at radius 2 is 2.47 bits per heavy atom.